The van der Waals surface area contributed by atoms with E-state index in [2.05, 4.69) is 65.5 Å². The number of aliphatic carboxylic acids is 1. The van der Waals surface area contributed by atoms with Gasteiger partial charge < -0.3 is 14.6 Å². The number of aromatic nitrogens is 3. The maximum absolute atomic E-state index is 12.5. The van der Waals surface area contributed by atoms with Gasteiger partial charge in [-0.2, -0.15) is 0 Å². The monoisotopic (exact) mass is 532 g/mol. The van der Waals surface area contributed by atoms with Crippen LogP contribution < -0.4 is 28.7 Å². The van der Waals surface area contributed by atoms with Gasteiger partial charge in [0.05, 0.1) is 5.52 Å². The molecule has 0 amide bonds. The first-order valence-corrected chi connectivity index (χ1v) is 13.7. The van der Waals surface area contributed by atoms with Crippen molar-refractivity contribution >= 4 is 17.0 Å². The smallest absolute Gasteiger partial charge is 0.550 e. The number of ether oxygens (including phenoxy) is 1. The van der Waals surface area contributed by atoms with Crippen molar-refractivity contribution in [3.05, 3.63) is 88.0 Å². The van der Waals surface area contributed by atoms with Gasteiger partial charge in [0.15, 0.2) is 0 Å². The summed E-state index contributed by atoms with van der Waals surface area (Å²) in [5.41, 5.74) is 6.91. The van der Waals surface area contributed by atoms with Gasteiger partial charge in [0.25, 0.3) is 0 Å². The zero-order valence-electron chi connectivity index (χ0n) is 24.7. The molecule has 0 saturated carbocycles. The molecule has 3 aromatic carbocycles. The molecule has 1 unspecified atom stereocenters. The van der Waals surface area contributed by atoms with Crippen LogP contribution in [-0.2, 0) is 24.9 Å². The van der Waals surface area contributed by atoms with Crippen molar-refractivity contribution in [1.82, 2.24) is 19.9 Å². The molecule has 7 nitrogen and oxygen atoms in total. The summed E-state index contributed by atoms with van der Waals surface area (Å²) < 4.78 is 8.06. The fourth-order valence-corrected chi connectivity index (χ4v) is 5.84. The first-order chi connectivity index (χ1) is 18.6. The molecule has 0 radical (unpaired) electrons. The molecule has 2 heterocycles. The summed E-state index contributed by atoms with van der Waals surface area (Å²) in [7, 11) is 1.86. The van der Waals surface area contributed by atoms with E-state index < -0.39 is 17.3 Å². The van der Waals surface area contributed by atoms with E-state index in [0.717, 1.165) is 59.5 Å². The molecular formula is C32H37LiN4O3. The molecule has 0 saturated heterocycles. The van der Waals surface area contributed by atoms with Gasteiger partial charge in [0, 0.05) is 49.5 Å². The Bertz CT molecular complexity index is 1530. The van der Waals surface area contributed by atoms with Crippen molar-refractivity contribution in [2.75, 3.05) is 6.54 Å². The number of carbonyl (C=O) groups excluding carboxylic acids is 1. The Balaban J connectivity index is 0.00000370. The summed E-state index contributed by atoms with van der Waals surface area (Å²) in [4.78, 5) is 14.9. The van der Waals surface area contributed by atoms with Crippen molar-refractivity contribution < 1.29 is 33.5 Å². The third kappa shape index (κ3) is 5.56. The van der Waals surface area contributed by atoms with Crippen LogP contribution in [0.5, 0.6) is 5.75 Å². The van der Waals surface area contributed by atoms with Gasteiger partial charge in [-0.3, -0.25) is 4.90 Å². The second-order valence-electron chi connectivity index (χ2n) is 11.4. The summed E-state index contributed by atoms with van der Waals surface area (Å²) in [5.74, 6) is -0.548. The van der Waals surface area contributed by atoms with Gasteiger partial charge in [-0.1, -0.05) is 68.4 Å². The number of hydrogen-bond donors (Lipinski definition) is 0. The van der Waals surface area contributed by atoms with Gasteiger partial charge in [-0.15, -0.1) is 5.10 Å². The Morgan fingerprint density at radius 3 is 2.62 bits per heavy atom. The third-order valence-corrected chi connectivity index (χ3v) is 8.32. The summed E-state index contributed by atoms with van der Waals surface area (Å²) >= 11 is 0. The van der Waals surface area contributed by atoms with Gasteiger partial charge in [0.2, 0.25) is 0 Å². The minimum Gasteiger partial charge on any atom is -0.550 e. The van der Waals surface area contributed by atoms with E-state index in [4.69, 9.17) is 4.74 Å². The van der Waals surface area contributed by atoms with E-state index in [1.54, 1.807) is 18.5 Å². The van der Waals surface area contributed by atoms with E-state index in [1.165, 1.54) is 16.7 Å². The molecule has 4 aromatic rings. The molecule has 204 valence electrons. The number of hydrogen-bond acceptors (Lipinski definition) is 6. The van der Waals surface area contributed by atoms with Crippen LogP contribution in [0.1, 0.15) is 66.5 Å². The van der Waals surface area contributed by atoms with E-state index in [1.807, 2.05) is 32.2 Å². The fraction of sp³-hybridized carbons (Fsp3) is 0.406. The third-order valence-electron chi connectivity index (χ3n) is 8.32. The average molecular weight is 533 g/mol. The standard InChI is InChI=1S/C32H38N4O3.Li/c1-7-25-19-36(17-23-10-8-9-11-28(23)39-25)18-24-16-22(13-12-20(24)2)29(32(4,5)31(37)38)26-14-15-27-30(21(26)3)33-34-35(27)6;/h8-16,25,29H,7,17-19H2,1-6H3,(H,37,38);/q;+1/p-1/t25-,29?;/m1./s1. The van der Waals surface area contributed by atoms with Gasteiger partial charge in [0.1, 0.15) is 17.4 Å². The predicted molar refractivity (Wildman–Crippen MR) is 150 cm³/mol. The number of benzene rings is 3. The molecule has 1 aliphatic rings. The van der Waals surface area contributed by atoms with Crippen LogP contribution in [0.4, 0.5) is 0 Å². The van der Waals surface area contributed by atoms with Crippen LogP contribution >= 0.6 is 0 Å². The Kier molecular flexibility index (Phi) is 8.80. The number of carboxylic acid groups (broad SMARTS) is 1. The molecule has 1 aromatic heterocycles. The number of aryl methyl sites for hydroxylation is 3. The molecule has 2 atom stereocenters. The molecule has 1 aliphatic heterocycles. The van der Waals surface area contributed by atoms with E-state index in [9.17, 15) is 9.90 Å². The maximum Gasteiger partial charge on any atom is 1.00 e. The van der Waals surface area contributed by atoms with Gasteiger partial charge in [-0.25, -0.2) is 4.68 Å². The minimum absolute atomic E-state index is 0. The molecule has 8 heteroatoms. The normalized spacial score (nSPS) is 16.5. The predicted octanol–water partition coefficient (Wildman–Crippen LogP) is 1.67. The first kappa shape index (κ1) is 29.9. The SMILES string of the molecule is CC[C@@H]1CN(Cc2cc(C(c3ccc4c(nnn4C)c3C)C(C)(C)C(=O)[O-])ccc2C)Cc2ccccc2O1.[Li+]. The van der Waals surface area contributed by atoms with Gasteiger partial charge >= 0.3 is 18.9 Å². The number of carbonyl (C=O) groups is 1. The van der Waals surface area contributed by atoms with Crippen LogP contribution in [0, 0.1) is 19.3 Å². The van der Waals surface area contributed by atoms with E-state index in [0.29, 0.717) is 0 Å². The van der Waals surface area contributed by atoms with E-state index >= 15 is 0 Å². The number of nitrogens with zero attached hydrogens (tertiary/aromatic N) is 4. The maximum atomic E-state index is 12.5. The molecule has 0 N–H and O–H groups in total. The Hall–Kier alpha value is -3.11. The number of para-hydroxylation sites is 1. The summed E-state index contributed by atoms with van der Waals surface area (Å²) in [6.07, 6.45) is 1.04. The number of fused-ring (bicyclic) bond motifs is 2. The zero-order chi connectivity index (χ0) is 27.9. The van der Waals surface area contributed by atoms with Crippen LogP contribution in [0.3, 0.4) is 0 Å². The molecule has 5 rings (SSSR count). The van der Waals surface area contributed by atoms with Crippen LogP contribution in [-0.4, -0.2) is 38.5 Å². The molecule has 40 heavy (non-hydrogen) atoms. The summed E-state index contributed by atoms with van der Waals surface area (Å²) in [6.45, 7) is 12.1. The van der Waals surface area contributed by atoms with Crippen molar-refractivity contribution in [3.8, 4) is 5.75 Å². The topological polar surface area (TPSA) is 83.3 Å². The van der Waals surface area contributed by atoms with Crippen molar-refractivity contribution in [3.63, 3.8) is 0 Å². The van der Waals surface area contributed by atoms with Crippen molar-refractivity contribution in [2.24, 2.45) is 12.5 Å². The molecule has 0 aliphatic carbocycles. The molecule has 0 spiro atoms. The van der Waals surface area contributed by atoms with Crippen LogP contribution in [0.15, 0.2) is 54.6 Å². The fourth-order valence-electron chi connectivity index (χ4n) is 5.84. The van der Waals surface area contributed by atoms with Crippen LogP contribution in [0.25, 0.3) is 11.0 Å². The Morgan fingerprint density at radius 1 is 1.15 bits per heavy atom. The quantitative estimate of drug-likeness (QED) is 0.337. The second-order valence-corrected chi connectivity index (χ2v) is 11.4. The molecule has 0 bridgehead atoms. The first-order valence-electron chi connectivity index (χ1n) is 13.7. The second kappa shape index (κ2) is 11.8. The molecular weight excluding hydrogens is 495 g/mol. The van der Waals surface area contributed by atoms with Crippen molar-refractivity contribution in [1.29, 1.82) is 0 Å². The zero-order valence-corrected chi connectivity index (χ0v) is 24.7. The molecule has 0 fully saturated rings. The minimum atomic E-state index is -1.16. The largest absolute Gasteiger partial charge is 1.00 e. The summed E-state index contributed by atoms with van der Waals surface area (Å²) in [6, 6.07) is 18.6. The summed E-state index contributed by atoms with van der Waals surface area (Å²) in [5, 5.41) is 21.1. The average Bonchev–Trinajstić information content (AvgIpc) is 3.18. The van der Waals surface area contributed by atoms with Gasteiger partial charge in [-0.05, 0) is 60.2 Å². The van der Waals surface area contributed by atoms with Crippen molar-refractivity contribution in [2.45, 2.75) is 66.2 Å². The number of rotatable bonds is 7. The van der Waals surface area contributed by atoms with E-state index in [-0.39, 0.29) is 25.0 Å². The Labute approximate surface area is 248 Å². The number of carboxylic acids is 1. The Morgan fingerprint density at radius 2 is 1.90 bits per heavy atom. The van der Waals surface area contributed by atoms with Crippen LogP contribution in [0.2, 0.25) is 0 Å².